The summed E-state index contributed by atoms with van der Waals surface area (Å²) in [6.45, 7) is 3.90. The largest absolute Gasteiger partial charge is 0.484 e. The number of hydrogen-bond acceptors (Lipinski definition) is 2. The Bertz CT molecular complexity index is 412. The molecule has 0 aliphatic carbocycles. The Morgan fingerprint density at radius 3 is 2.89 bits per heavy atom. The molecule has 0 bridgehead atoms. The van der Waals surface area contributed by atoms with E-state index < -0.39 is 5.82 Å². The molecule has 0 radical (unpaired) electrons. The molecule has 1 atom stereocenters. The van der Waals surface area contributed by atoms with Gasteiger partial charge in [0, 0.05) is 12.1 Å². The van der Waals surface area contributed by atoms with Crippen LogP contribution in [0.15, 0.2) is 22.7 Å². The molecule has 18 heavy (non-hydrogen) atoms. The number of carbonyl (C=O) groups is 1. The molecule has 1 rings (SSSR count). The Morgan fingerprint density at radius 2 is 2.28 bits per heavy atom. The van der Waals surface area contributed by atoms with Gasteiger partial charge in [-0.15, -0.1) is 0 Å². The van der Waals surface area contributed by atoms with Crippen LogP contribution >= 0.6 is 15.9 Å². The van der Waals surface area contributed by atoms with E-state index in [0.717, 1.165) is 12.8 Å². The average Bonchev–Trinajstić information content (AvgIpc) is 2.31. The number of carbonyl (C=O) groups excluding carboxylic acids is 1. The third-order valence-corrected chi connectivity index (χ3v) is 3.03. The number of nitrogens with one attached hydrogen (secondary N) is 1. The first kappa shape index (κ1) is 15.0. The Balaban J connectivity index is 2.40. The predicted molar refractivity (Wildman–Crippen MR) is 72.1 cm³/mol. The lowest BCUT2D eigenvalue weighted by Crippen LogP contribution is -2.35. The van der Waals surface area contributed by atoms with Crippen LogP contribution < -0.4 is 10.1 Å². The maximum Gasteiger partial charge on any atom is 0.258 e. The minimum atomic E-state index is -0.410. The lowest BCUT2D eigenvalue weighted by atomic mass is 10.2. The first-order chi connectivity index (χ1) is 8.52. The highest BCUT2D eigenvalue weighted by Gasteiger charge is 2.08. The molecule has 1 N–H and O–H groups in total. The normalized spacial score (nSPS) is 12.0. The molecule has 5 heteroatoms. The van der Waals surface area contributed by atoms with Gasteiger partial charge in [0.2, 0.25) is 0 Å². The van der Waals surface area contributed by atoms with Gasteiger partial charge in [0.15, 0.2) is 6.61 Å². The van der Waals surface area contributed by atoms with Crippen molar-refractivity contribution in [3.05, 3.63) is 28.5 Å². The molecule has 1 amide bonds. The second-order valence-electron chi connectivity index (χ2n) is 4.12. The Hall–Kier alpha value is -1.10. The van der Waals surface area contributed by atoms with Gasteiger partial charge >= 0.3 is 0 Å². The summed E-state index contributed by atoms with van der Waals surface area (Å²) in [5, 5.41) is 2.81. The lowest BCUT2D eigenvalue weighted by molar-refractivity contribution is -0.123. The van der Waals surface area contributed by atoms with Gasteiger partial charge in [0.1, 0.15) is 11.6 Å². The van der Waals surface area contributed by atoms with Crippen molar-refractivity contribution in [2.75, 3.05) is 6.61 Å². The standard InChI is InChI=1S/C13H17BrFNO2/c1-3-4-9(2)16-13(17)8-18-10-5-6-11(14)12(15)7-10/h5-7,9H,3-4,8H2,1-2H3,(H,16,17). The monoisotopic (exact) mass is 317 g/mol. The van der Waals surface area contributed by atoms with Crippen molar-refractivity contribution < 1.29 is 13.9 Å². The van der Waals surface area contributed by atoms with Gasteiger partial charge in [-0.3, -0.25) is 4.79 Å². The van der Waals surface area contributed by atoms with Crippen LogP contribution in [0.3, 0.4) is 0 Å². The summed E-state index contributed by atoms with van der Waals surface area (Å²) >= 11 is 3.05. The smallest absolute Gasteiger partial charge is 0.258 e. The summed E-state index contributed by atoms with van der Waals surface area (Å²) in [5.74, 6) is -0.263. The maximum atomic E-state index is 13.2. The summed E-state index contributed by atoms with van der Waals surface area (Å²) < 4.78 is 18.8. The van der Waals surface area contributed by atoms with Crippen LogP contribution in [-0.4, -0.2) is 18.6 Å². The molecular weight excluding hydrogens is 301 g/mol. The second-order valence-corrected chi connectivity index (χ2v) is 4.98. The molecule has 0 saturated carbocycles. The van der Waals surface area contributed by atoms with Gasteiger partial charge in [-0.1, -0.05) is 13.3 Å². The third kappa shape index (κ3) is 5.04. The van der Waals surface area contributed by atoms with Gasteiger partial charge in [-0.05, 0) is 41.4 Å². The number of benzene rings is 1. The van der Waals surface area contributed by atoms with E-state index in [9.17, 15) is 9.18 Å². The molecule has 0 aliphatic heterocycles. The van der Waals surface area contributed by atoms with Gasteiger partial charge in [-0.25, -0.2) is 4.39 Å². The lowest BCUT2D eigenvalue weighted by Gasteiger charge is -2.13. The van der Waals surface area contributed by atoms with Crippen molar-refractivity contribution in [3.8, 4) is 5.75 Å². The summed E-state index contributed by atoms with van der Waals surface area (Å²) in [6, 6.07) is 4.53. The van der Waals surface area contributed by atoms with E-state index >= 15 is 0 Å². The Morgan fingerprint density at radius 1 is 1.56 bits per heavy atom. The molecule has 0 saturated heterocycles. The number of hydrogen-bond donors (Lipinski definition) is 1. The highest BCUT2D eigenvalue weighted by molar-refractivity contribution is 9.10. The zero-order chi connectivity index (χ0) is 13.5. The van der Waals surface area contributed by atoms with Crippen LogP contribution in [0, 0.1) is 5.82 Å². The molecule has 0 heterocycles. The maximum absolute atomic E-state index is 13.2. The van der Waals surface area contributed by atoms with E-state index in [1.54, 1.807) is 12.1 Å². The molecule has 0 aliphatic rings. The van der Waals surface area contributed by atoms with Crippen LogP contribution in [-0.2, 0) is 4.79 Å². The molecule has 1 unspecified atom stereocenters. The highest BCUT2D eigenvalue weighted by Crippen LogP contribution is 2.20. The van der Waals surface area contributed by atoms with Gasteiger partial charge in [0.05, 0.1) is 4.47 Å². The summed E-state index contributed by atoms with van der Waals surface area (Å²) in [6.07, 6.45) is 1.94. The van der Waals surface area contributed by atoms with E-state index in [0.29, 0.717) is 10.2 Å². The van der Waals surface area contributed by atoms with Crippen molar-refractivity contribution >= 4 is 21.8 Å². The van der Waals surface area contributed by atoms with Crippen molar-refractivity contribution in [1.82, 2.24) is 5.32 Å². The number of ether oxygens (including phenoxy) is 1. The fraction of sp³-hybridized carbons (Fsp3) is 0.462. The highest BCUT2D eigenvalue weighted by atomic mass is 79.9. The van der Waals surface area contributed by atoms with Gasteiger partial charge in [-0.2, -0.15) is 0 Å². The van der Waals surface area contributed by atoms with E-state index in [1.165, 1.54) is 6.07 Å². The zero-order valence-corrected chi connectivity index (χ0v) is 12.1. The fourth-order valence-corrected chi connectivity index (χ4v) is 1.78. The van der Waals surface area contributed by atoms with E-state index in [2.05, 4.69) is 28.2 Å². The minimum absolute atomic E-state index is 0.102. The first-order valence-corrected chi connectivity index (χ1v) is 6.69. The predicted octanol–water partition coefficient (Wildman–Crippen LogP) is 3.27. The zero-order valence-electron chi connectivity index (χ0n) is 10.5. The second kappa shape index (κ2) is 7.36. The number of halogens is 2. The minimum Gasteiger partial charge on any atom is -0.484 e. The quantitative estimate of drug-likeness (QED) is 0.874. The third-order valence-electron chi connectivity index (χ3n) is 2.39. The molecule has 1 aromatic carbocycles. The summed E-state index contributed by atoms with van der Waals surface area (Å²) in [7, 11) is 0. The molecule has 0 fully saturated rings. The van der Waals surface area contributed by atoms with Crippen molar-refractivity contribution in [2.24, 2.45) is 0 Å². The van der Waals surface area contributed by atoms with Crippen LogP contribution in [0.25, 0.3) is 0 Å². The molecular formula is C13H17BrFNO2. The Kier molecular flexibility index (Phi) is 6.12. The van der Waals surface area contributed by atoms with E-state index in [1.807, 2.05) is 6.92 Å². The Labute approximate surface area is 115 Å². The molecule has 1 aromatic rings. The van der Waals surface area contributed by atoms with Gasteiger partial charge in [0.25, 0.3) is 5.91 Å². The van der Waals surface area contributed by atoms with Gasteiger partial charge < -0.3 is 10.1 Å². The van der Waals surface area contributed by atoms with Crippen LogP contribution in [0.2, 0.25) is 0 Å². The number of rotatable bonds is 6. The van der Waals surface area contributed by atoms with Crippen molar-refractivity contribution in [1.29, 1.82) is 0 Å². The average molecular weight is 318 g/mol. The summed E-state index contributed by atoms with van der Waals surface area (Å²) in [4.78, 5) is 11.5. The fourth-order valence-electron chi connectivity index (χ4n) is 1.54. The van der Waals surface area contributed by atoms with Crippen molar-refractivity contribution in [2.45, 2.75) is 32.7 Å². The number of amides is 1. The molecule has 0 spiro atoms. The first-order valence-electron chi connectivity index (χ1n) is 5.90. The summed E-state index contributed by atoms with van der Waals surface area (Å²) in [5.41, 5.74) is 0. The molecule has 100 valence electrons. The molecule has 0 aromatic heterocycles. The van der Waals surface area contributed by atoms with E-state index in [4.69, 9.17) is 4.74 Å². The van der Waals surface area contributed by atoms with Crippen molar-refractivity contribution in [3.63, 3.8) is 0 Å². The van der Waals surface area contributed by atoms with Crippen LogP contribution in [0.1, 0.15) is 26.7 Å². The van der Waals surface area contributed by atoms with Crippen LogP contribution in [0.4, 0.5) is 4.39 Å². The SMILES string of the molecule is CCCC(C)NC(=O)COc1ccc(Br)c(F)c1. The molecule has 3 nitrogen and oxygen atoms in total. The van der Waals surface area contributed by atoms with Crippen LogP contribution in [0.5, 0.6) is 5.75 Å². The topological polar surface area (TPSA) is 38.3 Å². The van der Waals surface area contributed by atoms with E-state index in [-0.39, 0.29) is 18.6 Å².